The third-order valence-electron chi connectivity index (χ3n) is 6.15. The molecule has 32 heavy (non-hydrogen) atoms. The van der Waals surface area contributed by atoms with Crippen molar-refractivity contribution in [3.05, 3.63) is 90.3 Å². The average molecular weight is 477 g/mol. The SMILES string of the molecule is Cc1cc(C)cc(-c2nccc3c2cnc2c(-c4ccccc4)[c]([Ge]([CH3])([CH3])[CH3])ccc23)c1. The standard InChI is InChI=1S/C29H28GeN2/c1-19-15-20(2)17-22(16-19)28-25-18-32-29-24(23(25)13-14-31-28)11-12-26(30(3,4)5)27(29)21-9-7-6-8-10-21/h6-18H,1-5H3. The summed E-state index contributed by atoms with van der Waals surface area (Å²) in [7, 11) is 0. The van der Waals surface area contributed by atoms with E-state index < -0.39 is 13.3 Å². The van der Waals surface area contributed by atoms with Crippen LogP contribution in [0.2, 0.25) is 17.3 Å². The predicted molar refractivity (Wildman–Crippen MR) is 140 cm³/mol. The summed E-state index contributed by atoms with van der Waals surface area (Å²) >= 11 is -2.13. The Morgan fingerprint density at radius 1 is 0.656 bits per heavy atom. The zero-order valence-corrected chi connectivity index (χ0v) is 21.5. The van der Waals surface area contributed by atoms with Crippen LogP contribution < -0.4 is 4.40 Å². The molecule has 0 amide bonds. The number of pyridine rings is 2. The van der Waals surface area contributed by atoms with E-state index in [0.717, 1.165) is 22.2 Å². The Kier molecular flexibility index (Phi) is 5.13. The number of fused-ring (bicyclic) bond motifs is 3. The van der Waals surface area contributed by atoms with Crippen LogP contribution in [0.3, 0.4) is 0 Å². The Balaban J connectivity index is 1.86. The third-order valence-corrected chi connectivity index (χ3v) is 10.4. The Labute approximate surface area is 192 Å². The zero-order chi connectivity index (χ0) is 22.5. The van der Waals surface area contributed by atoms with Gasteiger partial charge in [-0.15, -0.1) is 0 Å². The second-order valence-electron chi connectivity index (χ2n) is 9.76. The van der Waals surface area contributed by atoms with Crippen molar-refractivity contribution in [1.82, 2.24) is 9.97 Å². The van der Waals surface area contributed by atoms with Crippen LogP contribution in [0, 0.1) is 13.8 Å². The number of rotatable bonds is 3. The van der Waals surface area contributed by atoms with Gasteiger partial charge in [-0.05, 0) is 0 Å². The molecule has 0 fully saturated rings. The van der Waals surface area contributed by atoms with Crippen LogP contribution in [-0.4, -0.2) is 23.2 Å². The monoisotopic (exact) mass is 478 g/mol. The van der Waals surface area contributed by atoms with Crippen molar-refractivity contribution in [2.45, 2.75) is 31.1 Å². The van der Waals surface area contributed by atoms with E-state index in [4.69, 9.17) is 9.97 Å². The van der Waals surface area contributed by atoms with E-state index in [0.29, 0.717) is 0 Å². The van der Waals surface area contributed by atoms with Gasteiger partial charge in [-0.2, -0.15) is 0 Å². The van der Waals surface area contributed by atoms with Gasteiger partial charge in [-0.25, -0.2) is 0 Å². The molecular formula is C29H28GeN2. The van der Waals surface area contributed by atoms with Gasteiger partial charge in [0.2, 0.25) is 0 Å². The van der Waals surface area contributed by atoms with Crippen LogP contribution >= 0.6 is 0 Å². The molecule has 0 aliphatic heterocycles. The Morgan fingerprint density at radius 3 is 2.06 bits per heavy atom. The van der Waals surface area contributed by atoms with Gasteiger partial charge in [0.25, 0.3) is 0 Å². The van der Waals surface area contributed by atoms with Gasteiger partial charge in [0.1, 0.15) is 0 Å². The molecule has 3 heteroatoms. The Hall–Kier alpha value is -2.98. The second-order valence-corrected chi connectivity index (χ2v) is 20.3. The van der Waals surface area contributed by atoms with E-state index in [1.807, 2.05) is 12.4 Å². The number of benzene rings is 3. The minimum atomic E-state index is -2.13. The summed E-state index contributed by atoms with van der Waals surface area (Å²) in [6.45, 7) is 4.28. The number of aryl methyl sites for hydroxylation is 2. The summed E-state index contributed by atoms with van der Waals surface area (Å²) < 4.78 is 1.50. The molecule has 0 saturated heterocycles. The van der Waals surface area contributed by atoms with Crippen molar-refractivity contribution in [2.24, 2.45) is 0 Å². The molecule has 0 aliphatic carbocycles. The Bertz CT molecular complexity index is 1440. The molecule has 158 valence electrons. The summed E-state index contributed by atoms with van der Waals surface area (Å²) in [6, 6.07) is 24.2. The van der Waals surface area contributed by atoms with Crippen LogP contribution in [0.5, 0.6) is 0 Å². The first-order valence-electron chi connectivity index (χ1n) is 11.2. The molecule has 2 aromatic heterocycles. The molecule has 0 saturated carbocycles. The van der Waals surface area contributed by atoms with E-state index in [9.17, 15) is 0 Å². The molecule has 0 bridgehead atoms. The Morgan fingerprint density at radius 2 is 1.38 bits per heavy atom. The van der Waals surface area contributed by atoms with Gasteiger partial charge in [0.05, 0.1) is 0 Å². The van der Waals surface area contributed by atoms with Gasteiger partial charge in [0, 0.05) is 0 Å². The quantitative estimate of drug-likeness (QED) is 0.202. The van der Waals surface area contributed by atoms with Crippen LogP contribution in [0.15, 0.2) is 79.1 Å². The van der Waals surface area contributed by atoms with Crippen LogP contribution in [0.25, 0.3) is 44.1 Å². The van der Waals surface area contributed by atoms with E-state index in [2.05, 4.69) is 97.8 Å². The first kappa shape index (κ1) is 20.9. The third kappa shape index (κ3) is 3.63. The summed E-state index contributed by atoms with van der Waals surface area (Å²) in [5.74, 6) is 7.37. The molecule has 2 nitrogen and oxygen atoms in total. The fourth-order valence-electron chi connectivity index (χ4n) is 4.77. The number of nitrogens with zero attached hydrogens (tertiary/aromatic N) is 2. The van der Waals surface area contributed by atoms with Gasteiger partial charge in [-0.3, -0.25) is 0 Å². The number of hydrogen-bond donors (Lipinski definition) is 0. The van der Waals surface area contributed by atoms with Crippen LogP contribution in [-0.2, 0) is 0 Å². The first-order valence-corrected chi connectivity index (χ1v) is 18.5. The normalized spacial score (nSPS) is 11.9. The van der Waals surface area contributed by atoms with Crippen molar-refractivity contribution >= 4 is 39.3 Å². The molecule has 3 aromatic carbocycles. The van der Waals surface area contributed by atoms with Crippen molar-refractivity contribution in [2.75, 3.05) is 0 Å². The maximum atomic E-state index is 5.08. The topological polar surface area (TPSA) is 25.8 Å². The van der Waals surface area contributed by atoms with E-state index in [-0.39, 0.29) is 0 Å². The van der Waals surface area contributed by atoms with E-state index >= 15 is 0 Å². The number of aromatic nitrogens is 2. The molecule has 2 heterocycles. The molecule has 5 rings (SSSR count). The zero-order valence-electron chi connectivity index (χ0n) is 19.4. The fourth-order valence-corrected chi connectivity index (χ4v) is 8.12. The number of hydrogen-bond acceptors (Lipinski definition) is 2. The molecular weight excluding hydrogens is 449 g/mol. The summed E-state index contributed by atoms with van der Waals surface area (Å²) in [6.07, 6.45) is 3.97. The predicted octanol–water partition coefficient (Wildman–Crippen LogP) is 7.28. The summed E-state index contributed by atoms with van der Waals surface area (Å²) in [5.41, 5.74) is 8.31. The maximum absolute atomic E-state index is 5.08. The summed E-state index contributed by atoms with van der Waals surface area (Å²) in [4.78, 5) is 9.85. The molecule has 0 radical (unpaired) electrons. The minimum absolute atomic E-state index is 1.00. The van der Waals surface area contributed by atoms with Crippen molar-refractivity contribution in [1.29, 1.82) is 0 Å². The van der Waals surface area contributed by atoms with Crippen molar-refractivity contribution in [3.63, 3.8) is 0 Å². The van der Waals surface area contributed by atoms with Gasteiger partial charge < -0.3 is 0 Å². The molecule has 5 aromatic rings. The van der Waals surface area contributed by atoms with Crippen LogP contribution in [0.4, 0.5) is 0 Å². The van der Waals surface area contributed by atoms with Crippen LogP contribution in [0.1, 0.15) is 11.1 Å². The van der Waals surface area contributed by atoms with Gasteiger partial charge in [-0.1, -0.05) is 0 Å². The van der Waals surface area contributed by atoms with Gasteiger partial charge in [0.15, 0.2) is 0 Å². The van der Waals surface area contributed by atoms with E-state index in [1.54, 1.807) is 0 Å². The van der Waals surface area contributed by atoms with Crippen molar-refractivity contribution in [3.8, 4) is 22.4 Å². The second kappa shape index (κ2) is 7.86. The van der Waals surface area contributed by atoms with Crippen molar-refractivity contribution < 1.29 is 0 Å². The molecule has 0 atom stereocenters. The molecule has 0 spiro atoms. The molecule has 0 aliphatic rings. The summed E-state index contributed by atoms with van der Waals surface area (Å²) in [5, 5.41) is 3.52. The fraction of sp³-hybridized carbons (Fsp3) is 0.172. The first-order chi connectivity index (χ1) is 15.3. The molecule has 0 unspecified atom stereocenters. The van der Waals surface area contributed by atoms with Gasteiger partial charge >= 0.3 is 193 Å². The average Bonchev–Trinajstić information content (AvgIpc) is 2.77. The molecule has 0 N–H and O–H groups in total. The van der Waals surface area contributed by atoms with E-state index in [1.165, 1.54) is 37.4 Å².